The van der Waals surface area contributed by atoms with Gasteiger partial charge in [-0.15, -0.1) is 0 Å². The van der Waals surface area contributed by atoms with Gasteiger partial charge in [-0.2, -0.15) is 0 Å². The van der Waals surface area contributed by atoms with E-state index < -0.39 is 0 Å². The van der Waals surface area contributed by atoms with Gasteiger partial charge >= 0.3 is 0 Å². The molecule has 0 radical (unpaired) electrons. The van der Waals surface area contributed by atoms with E-state index in [2.05, 4.69) is 11.8 Å². The highest BCUT2D eigenvalue weighted by molar-refractivity contribution is 6.00. The second kappa shape index (κ2) is 8.15. The van der Waals surface area contributed by atoms with Gasteiger partial charge < -0.3 is 9.64 Å². The monoisotopic (exact) mass is 329 g/mol. The number of fused-ring (bicyclic) bond motifs is 1. The van der Waals surface area contributed by atoms with Gasteiger partial charge in [0.15, 0.2) is 5.78 Å². The van der Waals surface area contributed by atoms with Gasteiger partial charge in [0.2, 0.25) is 0 Å². The van der Waals surface area contributed by atoms with E-state index >= 15 is 0 Å². The zero-order valence-electron chi connectivity index (χ0n) is 15.3. The summed E-state index contributed by atoms with van der Waals surface area (Å²) < 4.78 is 5.54. The molecule has 2 aliphatic rings. The molecule has 1 aromatic rings. The summed E-state index contributed by atoms with van der Waals surface area (Å²) in [5.41, 5.74) is 3.53. The number of carbonyl (C=O) groups is 1. The fourth-order valence-corrected chi connectivity index (χ4v) is 4.41. The van der Waals surface area contributed by atoms with Crippen LogP contribution in [0.1, 0.15) is 66.9 Å². The van der Waals surface area contributed by atoms with Gasteiger partial charge in [0.1, 0.15) is 5.75 Å². The minimum Gasteiger partial charge on any atom is -0.496 e. The minimum atomic E-state index is 0.146. The maximum absolute atomic E-state index is 13.3. The number of hydrogen-bond acceptors (Lipinski definition) is 3. The van der Waals surface area contributed by atoms with Crippen LogP contribution in [0.15, 0.2) is 12.1 Å². The zero-order chi connectivity index (χ0) is 16.9. The topological polar surface area (TPSA) is 29.5 Å². The first kappa shape index (κ1) is 17.5. The third-order valence-corrected chi connectivity index (χ3v) is 5.66. The molecule has 1 aliphatic heterocycles. The van der Waals surface area contributed by atoms with Crippen molar-refractivity contribution in [3.05, 3.63) is 28.8 Å². The van der Waals surface area contributed by atoms with Crippen molar-refractivity contribution in [1.29, 1.82) is 0 Å². The molecule has 0 bridgehead atoms. The van der Waals surface area contributed by atoms with Crippen LogP contribution in [-0.2, 0) is 12.8 Å². The Labute approximate surface area is 146 Å². The summed E-state index contributed by atoms with van der Waals surface area (Å²) in [4.78, 5) is 15.8. The number of rotatable bonds is 7. The average molecular weight is 329 g/mol. The summed E-state index contributed by atoms with van der Waals surface area (Å²) >= 11 is 0. The van der Waals surface area contributed by atoms with E-state index in [0.29, 0.717) is 5.78 Å². The predicted molar refractivity (Wildman–Crippen MR) is 98.0 cm³/mol. The lowest BCUT2D eigenvalue weighted by atomic mass is 9.83. The number of ether oxygens (including phenoxy) is 1. The van der Waals surface area contributed by atoms with E-state index in [1.165, 1.54) is 36.8 Å². The lowest BCUT2D eigenvalue weighted by Crippen LogP contribution is -2.32. The molecule has 1 heterocycles. The summed E-state index contributed by atoms with van der Waals surface area (Å²) in [7, 11) is 1.74. The first-order chi connectivity index (χ1) is 11.7. The van der Waals surface area contributed by atoms with Crippen molar-refractivity contribution in [2.24, 2.45) is 5.92 Å². The maximum atomic E-state index is 13.3. The number of likely N-dealkylation sites (tertiary alicyclic amines) is 1. The number of ketones is 1. The second-order valence-corrected chi connectivity index (χ2v) is 7.34. The van der Waals surface area contributed by atoms with Crippen LogP contribution in [0, 0.1) is 5.92 Å². The van der Waals surface area contributed by atoms with Crippen molar-refractivity contribution in [2.45, 2.75) is 58.3 Å². The average Bonchev–Trinajstić information content (AvgIpc) is 3.13. The molecule has 1 aromatic carbocycles. The lowest BCUT2D eigenvalue weighted by molar-refractivity contribution is 0.0879. The molecule has 0 saturated carbocycles. The van der Waals surface area contributed by atoms with Crippen molar-refractivity contribution in [2.75, 3.05) is 26.7 Å². The Morgan fingerprint density at radius 1 is 1.12 bits per heavy atom. The molecule has 1 fully saturated rings. The summed E-state index contributed by atoms with van der Waals surface area (Å²) in [6.07, 6.45) is 9.09. The molecule has 3 rings (SSSR count). The molecule has 0 amide bonds. The number of hydrogen-bond donors (Lipinski definition) is 0. The molecule has 0 aromatic heterocycles. The Morgan fingerprint density at radius 2 is 1.83 bits per heavy atom. The molecular formula is C21H31NO2. The second-order valence-electron chi connectivity index (χ2n) is 7.34. The van der Waals surface area contributed by atoms with Crippen LogP contribution in [0.3, 0.4) is 0 Å². The van der Waals surface area contributed by atoms with Crippen molar-refractivity contribution < 1.29 is 9.53 Å². The normalized spacial score (nSPS) is 19.1. The fourth-order valence-electron chi connectivity index (χ4n) is 4.41. The van der Waals surface area contributed by atoms with Gasteiger partial charge in [-0.3, -0.25) is 4.79 Å². The first-order valence-corrected chi connectivity index (χ1v) is 9.70. The highest BCUT2D eigenvalue weighted by Gasteiger charge is 2.28. The van der Waals surface area contributed by atoms with Crippen LogP contribution in [0.25, 0.3) is 0 Å². The molecule has 0 spiro atoms. The molecule has 3 heteroatoms. The van der Waals surface area contributed by atoms with Crippen LogP contribution in [0.4, 0.5) is 0 Å². The SMILES string of the molecule is CCCC(CN1CCCC1)C(=O)c1ccc(OC)c2c1CCCC2. The molecular weight excluding hydrogens is 298 g/mol. The zero-order valence-corrected chi connectivity index (χ0v) is 15.3. The van der Waals surface area contributed by atoms with E-state index in [4.69, 9.17) is 4.74 Å². The Morgan fingerprint density at radius 3 is 2.50 bits per heavy atom. The molecule has 132 valence electrons. The summed E-state index contributed by atoms with van der Waals surface area (Å²) in [5.74, 6) is 1.48. The third-order valence-electron chi connectivity index (χ3n) is 5.66. The molecule has 3 nitrogen and oxygen atoms in total. The van der Waals surface area contributed by atoms with E-state index in [-0.39, 0.29) is 5.92 Å². The van der Waals surface area contributed by atoms with Gasteiger partial charge in [0, 0.05) is 18.0 Å². The van der Waals surface area contributed by atoms with Gasteiger partial charge in [-0.05, 0) is 81.3 Å². The smallest absolute Gasteiger partial charge is 0.167 e. The van der Waals surface area contributed by atoms with Crippen LogP contribution in [-0.4, -0.2) is 37.4 Å². The van der Waals surface area contributed by atoms with E-state index in [0.717, 1.165) is 56.6 Å². The molecule has 1 atom stereocenters. The summed E-state index contributed by atoms with van der Waals surface area (Å²) in [6, 6.07) is 4.04. The third kappa shape index (κ3) is 3.66. The molecule has 0 N–H and O–H groups in total. The summed E-state index contributed by atoms with van der Waals surface area (Å²) in [6.45, 7) is 5.45. The highest BCUT2D eigenvalue weighted by Crippen LogP contribution is 2.34. The number of benzene rings is 1. The summed E-state index contributed by atoms with van der Waals surface area (Å²) in [5, 5.41) is 0. The fraction of sp³-hybridized carbons (Fsp3) is 0.667. The maximum Gasteiger partial charge on any atom is 0.167 e. The number of Topliss-reactive ketones (excluding diaryl/α,β-unsaturated/α-hetero) is 1. The van der Waals surface area contributed by atoms with Crippen molar-refractivity contribution in [1.82, 2.24) is 4.90 Å². The minimum absolute atomic E-state index is 0.146. The first-order valence-electron chi connectivity index (χ1n) is 9.70. The van der Waals surface area contributed by atoms with E-state index in [1.807, 2.05) is 12.1 Å². The number of carbonyl (C=O) groups excluding carboxylic acids is 1. The molecule has 1 saturated heterocycles. The number of methoxy groups -OCH3 is 1. The van der Waals surface area contributed by atoms with Gasteiger partial charge in [0.05, 0.1) is 7.11 Å². The standard InChI is InChI=1S/C21H31NO2/c1-3-8-16(15-22-13-6-7-14-22)21(23)19-11-12-20(24-2)18-10-5-4-9-17(18)19/h11-12,16H,3-10,13-15H2,1-2H3. The van der Waals surface area contributed by atoms with Crippen molar-refractivity contribution in [3.8, 4) is 5.75 Å². The Balaban J connectivity index is 1.86. The predicted octanol–water partition coefficient (Wildman–Crippen LogP) is 4.27. The van der Waals surface area contributed by atoms with Gasteiger partial charge in [0.25, 0.3) is 0 Å². The Kier molecular flexibility index (Phi) is 5.94. The highest BCUT2D eigenvalue weighted by atomic mass is 16.5. The Bertz CT molecular complexity index is 575. The number of nitrogens with zero attached hydrogens (tertiary/aromatic N) is 1. The van der Waals surface area contributed by atoms with Gasteiger partial charge in [-0.25, -0.2) is 0 Å². The van der Waals surface area contributed by atoms with Gasteiger partial charge in [-0.1, -0.05) is 13.3 Å². The molecule has 24 heavy (non-hydrogen) atoms. The van der Waals surface area contributed by atoms with E-state index in [1.54, 1.807) is 7.11 Å². The molecule has 1 aliphatic carbocycles. The van der Waals surface area contributed by atoms with Crippen LogP contribution in [0.5, 0.6) is 5.75 Å². The van der Waals surface area contributed by atoms with Crippen molar-refractivity contribution >= 4 is 5.78 Å². The quantitative estimate of drug-likeness (QED) is 0.700. The van der Waals surface area contributed by atoms with E-state index in [9.17, 15) is 4.79 Å². The van der Waals surface area contributed by atoms with Crippen LogP contribution in [0.2, 0.25) is 0 Å². The van der Waals surface area contributed by atoms with Crippen LogP contribution < -0.4 is 4.74 Å². The van der Waals surface area contributed by atoms with Crippen molar-refractivity contribution in [3.63, 3.8) is 0 Å². The Hall–Kier alpha value is -1.35. The molecule has 1 unspecified atom stereocenters. The lowest BCUT2D eigenvalue weighted by Gasteiger charge is -2.26. The van der Waals surface area contributed by atoms with Crippen LogP contribution >= 0.6 is 0 Å². The largest absolute Gasteiger partial charge is 0.496 e.